The second-order valence-corrected chi connectivity index (χ2v) is 6.83. The standard InChI is InChI=1S/C19H23NO10/c1-8(22)27-13(6-20)11-5-15(23)29-12-4-9(2-3-10(11)12)28-19-18(26)17(25)16(24)14(7-21)30-19/h2-5,13-14,16-19,21,24-26H,6-7,20H2,1H3/t13?,14-,16+,17+,18-,19-/m1/s1. The molecule has 1 aromatic carbocycles. The molecule has 1 aliphatic heterocycles. The lowest BCUT2D eigenvalue weighted by Crippen LogP contribution is -2.60. The van der Waals surface area contributed by atoms with Gasteiger partial charge in [-0.3, -0.25) is 4.79 Å². The monoisotopic (exact) mass is 425 g/mol. The van der Waals surface area contributed by atoms with Crippen molar-refractivity contribution in [3.63, 3.8) is 0 Å². The summed E-state index contributed by atoms with van der Waals surface area (Å²) in [7, 11) is 0. The van der Waals surface area contributed by atoms with Crippen LogP contribution in [0.15, 0.2) is 33.5 Å². The summed E-state index contributed by atoms with van der Waals surface area (Å²) >= 11 is 0. The van der Waals surface area contributed by atoms with E-state index in [-0.39, 0.29) is 17.9 Å². The van der Waals surface area contributed by atoms with Crippen molar-refractivity contribution in [1.29, 1.82) is 0 Å². The second-order valence-electron chi connectivity index (χ2n) is 6.83. The normalized spacial score (nSPS) is 27.6. The molecule has 11 nitrogen and oxygen atoms in total. The van der Waals surface area contributed by atoms with Crippen molar-refractivity contribution in [2.45, 2.75) is 43.7 Å². The van der Waals surface area contributed by atoms with E-state index in [1.54, 1.807) is 6.07 Å². The van der Waals surface area contributed by atoms with Gasteiger partial charge in [0.1, 0.15) is 41.9 Å². The van der Waals surface area contributed by atoms with Crippen molar-refractivity contribution in [3.8, 4) is 5.75 Å². The molecule has 0 amide bonds. The number of fused-ring (bicyclic) bond motifs is 1. The molecule has 0 bridgehead atoms. The lowest BCUT2D eigenvalue weighted by Gasteiger charge is -2.39. The van der Waals surface area contributed by atoms with Gasteiger partial charge < -0.3 is 44.8 Å². The van der Waals surface area contributed by atoms with E-state index in [1.807, 2.05) is 0 Å². The van der Waals surface area contributed by atoms with Gasteiger partial charge in [-0.05, 0) is 12.1 Å². The number of aliphatic hydroxyl groups is 4. The first-order valence-electron chi connectivity index (χ1n) is 9.17. The van der Waals surface area contributed by atoms with Crippen LogP contribution in [0.4, 0.5) is 0 Å². The summed E-state index contributed by atoms with van der Waals surface area (Å²) < 4.78 is 21.2. The second kappa shape index (κ2) is 9.08. The Morgan fingerprint density at radius 1 is 1.20 bits per heavy atom. The summed E-state index contributed by atoms with van der Waals surface area (Å²) in [5.41, 5.74) is 5.43. The Morgan fingerprint density at radius 3 is 2.57 bits per heavy atom. The summed E-state index contributed by atoms with van der Waals surface area (Å²) in [5.74, 6) is -0.446. The van der Waals surface area contributed by atoms with Crippen LogP contribution in [0.3, 0.4) is 0 Å². The first-order chi connectivity index (χ1) is 14.2. The number of rotatable bonds is 6. The number of carbonyl (C=O) groups is 1. The van der Waals surface area contributed by atoms with Gasteiger partial charge in [-0.15, -0.1) is 0 Å². The molecule has 6 atom stereocenters. The highest BCUT2D eigenvalue weighted by molar-refractivity contribution is 5.82. The fourth-order valence-electron chi connectivity index (χ4n) is 3.25. The number of hydrogen-bond donors (Lipinski definition) is 5. The SMILES string of the molecule is CC(=O)OC(CN)c1cc(=O)oc2cc(O[C@@H]3O[C@H](CO)[C@H](O)[C@H](O)[C@H]3O)ccc12. The highest BCUT2D eigenvalue weighted by Gasteiger charge is 2.44. The Morgan fingerprint density at radius 2 is 1.93 bits per heavy atom. The van der Waals surface area contributed by atoms with Crippen molar-refractivity contribution in [1.82, 2.24) is 0 Å². The number of benzene rings is 1. The van der Waals surface area contributed by atoms with E-state index >= 15 is 0 Å². The Kier molecular flexibility index (Phi) is 6.71. The Balaban J connectivity index is 1.92. The molecule has 1 aromatic heterocycles. The van der Waals surface area contributed by atoms with Gasteiger partial charge in [0, 0.05) is 36.6 Å². The Labute approximate surface area is 170 Å². The summed E-state index contributed by atoms with van der Waals surface area (Å²) in [4.78, 5) is 23.3. The summed E-state index contributed by atoms with van der Waals surface area (Å²) in [6, 6.07) is 5.55. The maximum absolute atomic E-state index is 12.0. The molecule has 0 spiro atoms. The summed E-state index contributed by atoms with van der Waals surface area (Å²) in [6.45, 7) is 0.571. The van der Waals surface area contributed by atoms with E-state index in [0.29, 0.717) is 10.9 Å². The zero-order chi connectivity index (χ0) is 22.0. The van der Waals surface area contributed by atoms with Crippen LogP contribution in [-0.4, -0.2) is 70.3 Å². The van der Waals surface area contributed by atoms with E-state index in [1.165, 1.54) is 25.1 Å². The first-order valence-corrected chi connectivity index (χ1v) is 9.17. The van der Waals surface area contributed by atoms with Crippen molar-refractivity contribution in [3.05, 3.63) is 40.2 Å². The van der Waals surface area contributed by atoms with E-state index in [0.717, 1.165) is 0 Å². The molecule has 6 N–H and O–H groups in total. The van der Waals surface area contributed by atoms with Gasteiger partial charge in [-0.2, -0.15) is 0 Å². The number of ether oxygens (including phenoxy) is 3. The van der Waals surface area contributed by atoms with Gasteiger partial charge in [-0.25, -0.2) is 4.79 Å². The summed E-state index contributed by atoms with van der Waals surface area (Å²) in [6.07, 6.45) is -8.09. The van der Waals surface area contributed by atoms with Gasteiger partial charge in [0.25, 0.3) is 0 Å². The topological polar surface area (TPSA) is 182 Å². The van der Waals surface area contributed by atoms with Gasteiger partial charge in [0.15, 0.2) is 0 Å². The molecule has 2 heterocycles. The van der Waals surface area contributed by atoms with Crippen molar-refractivity contribution < 1.29 is 43.8 Å². The van der Waals surface area contributed by atoms with Crippen LogP contribution in [0.1, 0.15) is 18.6 Å². The predicted molar refractivity (Wildman–Crippen MR) is 100 cm³/mol. The van der Waals surface area contributed by atoms with Gasteiger partial charge in [-0.1, -0.05) is 0 Å². The number of hydrogen-bond acceptors (Lipinski definition) is 11. The van der Waals surface area contributed by atoms with Crippen LogP contribution in [0.2, 0.25) is 0 Å². The molecular formula is C19H23NO10. The molecular weight excluding hydrogens is 402 g/mol. The molecule has 1 saturated heterocycles. The number of nitrogens with two attached hydrogens (primary N) is 1. The molecule has 30 heavy (non-hydrogen) atoms. The zero-order valence-corrected chi connectivity index (χ0v) is 16.0. The summed E-state index contributed by atoms with van der Waals surface area (Å²) in [5, 5.41) is 39.5. The van der Waals surface area contributed by atoms with E-state index in [9.17, 15) is 30.0 Å². The zero-order valence-electron chi connectivity index (χ0n) is 16.0. The van der Waals surface area contributed by atoms with Crippen molar-refractivity contribution >= 4 is 16.9 Å². The van der Waals surface area contributed by atoms with Crippen LogP contribution in [-0.2, 0) is 14.3 Å². The number of esters is 1. The average molecular weight is 425 g/mol. The molecule has 1 fully saturated rings. The molecule has 0 aliphatic carbocycles. The van der Waals surface area contributed by atoms with Crippen LogP contribution in [0.25, 0.3) is 11.0 Å². The van der Waals surface area contributed by atoms with Crippen molar-refractivity contribution in [2.24, 2.45) is 5.73 Å². The third-order valence-corrected chi connectivity index (χ3v) is 4.72. The largest absolute Gasteiger partial charge is 0.462 e. The van der Waals surface area contributed by atoms with Crippen LogP contribution in [0.5, 0.6) is 5.75 Å². The van der Waals surface area contributed by atoms with Crippen LogP contribution in [0, 0.1) is 0 Å². The maximum Gasteiger partial charge on any atom is 0.336 e. The molecule has 2 aromatic rings. The quantitative estimate of drug-likeness (QED) is 0.269. The fourth-order valence-corrected chi connectivity index (χ4v) is 3.25. The Bertz CT molecular complexity index is 958. The van der Waals surface area contributed by atoms with Gasteiger partial charge in [0.2, 0.25) is 6.29 Å². The lowest BCUT2D eigenvalue weighted by molar-refractivity contribution is -0.277. The molecule has 3 rings (SSSR count). The van der Waals surface area contributed by atoms with Crippen LogP contribution < -0.4 is 16.1 Å². The third kappa shape index (κ3) is 4.46. The molecule has 11 heteroatoms. The highest BCUT2D eigenvalue weighted by atomic mass is 16.7. The minimum absolute atomic E-state index is 0.0543. The lowest BCUT2D eigenvalue weighted by atomic mass is 9.99. The highest BCUT2D eigenvalue weighted by Crippen LogP contribution is 2.30. The minimum atomic E-state index is -1.60. The van der Waals surface area contributed by atoms with E-state index in [2.05, 4.69) is 0 Å². The average Bonchev–Trinajstić information content (AvgIpc) is 2.71. The third-order valence-electron chi connectivity index (χ3n) is 4.72. The molecule has 0 saturated carbocycles. The maximum atomic E-state index is 12.0. The molecule has 1 unspecified atom stereocenters. The first kappa shape index (κ1) is 22.2. The molecule has 1 aliphatic rings. The molecule has 0 radical (unpaired) electrons. The van der Waals surface area contributed by atoms with Crippen molar-refractivity contribution in [2.75, 3.05) is 13.2 Å². The van der Waals surface area contributed by atoms with Gasteiger partial charge in [0.05, 0.1) is 6.61 Å². The number of carbonyl (C=O) groups excluding carboxylic acids is 1. The molecule has 164 valence electrons. The number of aliphatic hydroxyl groups excluding tert-OH is 4. The minimum Gasteiger partial charge on any atom is -0.462 e. The smallest absolute Gasteiger partial charge is 0.336 e. The van der Waals surface area contributed by atoms with E-state index in [4.69, 9.17) is 24.4 Å². The predicted octanol–water partition coefficient (Wildman–Crippen LogP) is -1.47. The van der Waals surface area contributed by atoms with Gasteiger partial charge >= 0.3 is 11.6 Å². The Hall–Kier alpha value is -2.54. The fraction of sp³-hybridized carbons (Fsp3) is 0.474. The van der Waals surface area contributed by atoms with E-state index < -0.39 is 55.0 Å². The van der Waals surface area contributed by atoms with Crippen LogP contribution >= 0.6 is 0 Å².